The zero-order valence-corrected chi connectivity index (χ0v) is 13.5. The van der Waals surface area contributed by atoms with Crippen molar-refractivity contribution in [3.63, 3.8) is 0 Å². The molecule has 0 aromatic heterocycles. The van der Waals surface area contributed by atoms with E-state index in [9.17, 15) is 0 Å². The monoisotopic (exact) mass is 321 g/mol. The Morgan fingerprint density at radius 2 is 1.95 bits per heavy atom. The van der Waals surface area contributed by atoms with E-state index in [4.69, 9.17) is 27.9 Å². The topological polar surface area (TPSA) is 21.6 Å². The van der Waals surface area contributed by atoms with Crippen LogP contribution in [0.25, 0.3) is 0 Å². The third-order valence-corrected chi connectivity index (χ3v) is 3.63. The van der Waals surface area contributed by atoms with Crippen molar-refractivity contribution in [3.8, 4) is 5.75 Å². The zero-order chi connectivity index (χ0) is 15.2. The summed E-state index contributed by atoms with van der Waals surface area (Å²) in [5, 5.41) is 1.26. The lowest BCUT2D eigenvalue weighted by Crippen LogP contribution is -1.97. The van der Waals surface area contributed by atoms with Gasteiger partial charge in [-0.25, -0.2) is 0 Å². The van der Waals surface area contributed by atoms with Gasteiger partial charge >= 0.3 is 0 Å². The maximum absolute atomic E-state index is 6.20. The minimum atomic E-state index is -0.0514. The van der Waals surface area contributed by atoms with Gasteiger partial charge in [-0.05, 0) is 43.7 Å². The number of halogens is 2. The van der Waals surface area contributed by atoms with Gasteiger partial charge < -0.3 is 4.74 Å². The van der Waals surface area contributed by atoms with Crippen LogP contribution in [0, 0.1) is 0 Å². The van der Waals surface area contributed by atoms with Crippen molar-refractivity contribution in [1.29, 1.82) is 0 Å². The van der Waals surface area contributed by atoms with Crippen LogP contribution in [0.1, 0.15) is 31.0 Å². The number of hydrogen-bond acceptors (Lipinski definition) is 2. The normalized spacial score (nSPS) is 12.6. The molecule has 0 fully saturated rings. The van der Waals surface area contributed by atoms with Gasteiger partial charge in [-0.3, -0.25) is 4.99 Å². The van der Waals surface area contributed by atoms with Crippen molar-refractivity contribution in [2.45, 2.75) is 19.9 Å². The lowest BCUT2D eigenvalue weighted by Gasteiger charge is -2.10. The molecule has 2 rings (SSSR count). The van der Waals surface area contributed by atoms with Gasteiger partial charge in [0.2, 0.25) is 0 Å². The van der Waals surface area contributed by atoms with Gasteiger partial charge in [0, 0.05) is 21.8 Å². The molecule has 0 saturated heterocycles. The standard InChI is InChI=1S/C17H17Cl2NO/c1-3-21-17-7-5-4-6-13(17)11-20-12(2)15-9-8-14(18)10-16(15)19/h4-12H,3H2,1-2H3. The molecule has 0 radical (unpaired) electrons. The predicted octanol–water partition coefficient (Wildman–Crippen LogP) is 5.57. The van der Waals surface area contributed by atoms with Gasteiger partial charge in [0.05, 0.1) is 12.6 Å². The van der Waals surface area contributed by atoms with Crippen molar-refractivity contribution in [3.05, 3.63) is 63.6 Å². The van der Waals surface area contributed by atoms with Gasteiger partial charge in [0.1, 0.15) is 5.75 Å². The van der Waals surface area contributed by atoms with Crippen LogP contribution in [0.4, 0.5) is 0 Å². The summed E-state index contributed by atoms with van der Waals surface area (Å²) in [6.07, 6.45) is 1.82. The highest BCUT2D eigenvalue weighted by molar-refractivity contribution is 6.35. The summed E-state index contributed by atoms with van der Waals surface area (Å²) in [5.41, 5.74) is 1.91. The average Bonchev–Trinajstić information content (AvgIpc) is 2.46. The Morgan fingerprint density at radius 3 is 2.67 bits per heavy atom. The first kappa shape index (κ1) is 15.9. The minimum absolute atomic E-state index is 0.0514. The lowest BCUT2D eigenvalue weighted by molar-refractivity contribution is 0.340. The van der Waals surface area contributed by atoms with E-state index in [1.807, 2.05) is 56.5 Å². The van der Waals surface area contributed by atoms with Crippen molar-refractivity contribution >= 4 is 29.4 Å². The van der Waals surface area contributed by atoms with E-state index in [0.29, 0.717) is 16.7 Å². The summed E-state index contributed by atoms with van der Waals surface area (Å²) < 4.78 is 5.58. The Labute approximate surface area is 135 Å². The molecule has 0 amide bonds. The quantitative estimate of drug-likeness (QED) is 0.659. The largest absolute Gasteiger partial charge is 0.493 e. The minimum Gasteiger partial charge on any atom is -0.493 e. The average molecular weight is 322 g/mol. The van der Waals surface area contributed by atoms with E-state index < -0.39 is 0 Å². The first-order valence-corrected chi connectivity index (χ1v) is 7.57. The van der Waals surface area contributed by atoms with E-state index in [2.05, 4.69) is 4.99 Å². The molecule has 21 heavy (non-hydrogen) atoms. The van der Waals surface area contributed by atoms with Crippen LogP contribution in [-0.2, 0) is 0 Å². The summed E-state index contributed by atoms with van der Waals surface area (Å²) in [5.74, 6) is 0.832. The Kier molecular flexibility index (Phi) is 5.66. The van der Waals surface area contributed by atoms with Gasteiger partial charge in [-0.15, -0.1) is 0 Å². The number of rotatable bonds is 5. The second kappa shape index (κ2) is 7.48. The van der Waals surface area contributed by atoms with Crippen LogP contribution in [0.2, 0.25) is 10.0 Å². The molecule has 0 aliphatic carbocycles. The molecule has 0 aliphatic heterocycles. The SMILES string of the molecule is CCOc1ccccc1C=NC(C)c1ccc(Cl)cc1Cl. The van der Waals surface area contributed by atoms with Gasteiger partial charge in [0.15, 0.2) is 0 Å². The molecule has 1 atom stereocenters. The van der Waals surface area contributed by atoms with E-state index in [1.54, 1.807) is 6.07 Å². The maximum atomic E-state index is 6.20. The van der Waals surface area contributed by atoms with Crippen LogP contribution in [-0.4, -0.2) is 12.8 Å². The molecule has 1 unspecified atom stereocenters. The van der Waals surface area contributed by atoms with Gasteiger partial charge in [0.25, 0.3) is 0 Å². The summed E-state index contributed by atoms with van der Waals surface area (Å²) in [4.78, 5) is 4.57. The summed E-state index contributed by atoms with van der Waals surface area (Å²) in [6, 6.07) is 13.2. The third-order valence-electron chi connectivity index (χ3n) is 3.07. The molecule has 2 nitrogen and oxygen atoms in total. The van der Waals surface area contributed by atoms with Crippen LogP contribution in [0.15, 0.2) is 47.5 Å². The van der Waals surface area contributed by atoms with Crippen LogP contribution in [0.5, 0.6) is 5.75 Å². The Hall–Kier alpha value is -1.51. The van der Waals surface area contributed by atoms with E-state index in [0.717, 1.165) is 16.9 Å². The Morgan fingerprint density at radius 1 is 1.19 bits per heavy atom. The predicted molar refractivity (Wildman–Crippen MR) is 90.1 cm³/mol. The van der Waals surface area contributed by atoms with Crippen molar-refractivity contribution in [1.82, 2.24) is 0 Å². The fourth-order valence-electron chi connectivity index (χ4n) is 1.99. The molecule has 0 aliphatic rings. The van der Waals surface area contributed by atoms with E-state index in [1.165, 1.54) is 0 Å². The number of para-hydroxylation sites is 1. The zero-order valence-electron chi connectivity index (χ0n) is 12.0. The number of benzene rings is 2. The fourth-order valence-corrected chi connectivity index (χ4v) is 2.55. The molecular formula is C17H17Cl2NO. The Bertz CT molecular complexity index is 640. The highest BCUT2D eigenvalue weighted by Crippen LogP contribution is 2.28. The molecule has 2 aromatic carbocycles. The molecule has 0 spiro atoms. The molecule has 0 N–H and O–H groups in total. The number of ether oxygens (including phenoxy) is 1. The fraction of sp³-hybridized carbons (Fsp3) is 0.235. The summed E-state index contributed by atoms with van der Waals surface area (Å²) in [7, 11) is 0. The first-order valence-electron chi connectivity index (χ1n) is 6.81. The van der Waals surface area contributed by atoms with E-state index in [-0.39, 0.29) is 6.04 Å². The summed E-state index contributed by atoms with van der Waals surface area (Å²) in [6.45, 7) is 4.59. The van der Waals surface area contributed by atoms with Crippen LogP contribution >= 0.6 is 23.2 Å². The highest BCUT2D eigenvalue weighted by atomic mass is 35.5. The van der Waals surface area contributed by atoms with Crippen molar-refractivity contribution in [2.24, 2.45) is 4.99 Å². The number of hydrogen-bond donors (Lipinski definition) is 0. The second-order valence-corrected chi connectivity index (χ2v) is 5.43. The Balaban J connectivity index is 2.20. The van der Waals surface area contributed by atoms with Gasteiger partial charge in [-0.2, -0.15) is 0 Å². The highest BCUT2D eigenvalue weighted by Gasteiger charge is 2.08. The molecular weight excluding hydrogens is 305 g/mol. The van der Waals surface area contributed by atoms with Crippen LogP contribution < -0.4 is 4.74 Å². The molecule has 110 valence electrons. The maximum Gasteiger partial charge on any atom is 0.128 e. The smallest absolute Gasteiger partial charge is 0.128 e. The summed E-state index contributed by atoms with van der Waals surface area (Å²) >= 11 is 12.1. The first-order chi connectivity index (χ1) is 10.1. The van der Waals surface area contributed by atoms with Crippen LogP contribution in [0.3, 0.4) is 0 Å². The molecule has 0 saturated carbocycles. The molecule has 0 heterocycles. The third kappa shape index (κ3) is 4.23. The van der Waals surface area contributed by atoms with Crippen molar-refractivity contribution in [2.75, 3.05) is 6.61 Å². The van der Waals surface area contributed by atoms with E-state index >= 15 is 0 Å². The molecule has 4 heteroatoms. The lowest BCUT2D eigenvalue weighted by atomic mass is 10.1. The second-order valence-electron chi connectivity index (χ2n) is 4.59. The number of aliphatic imine (C=N–C) groups is 1. The molecule has 2 aromatic rings. The number of nitrogens with zero attached hydrogens (tertiary/aromatic N) is 1. The van der Waals surface area contributed by atoms with Gasteiger partial charge in [-0.1, -0.05) is 41.4 Å². The molecule has 0 bridgehead atoms. The van der Waals surface area contributed by atoms with Crippen molar-refractivity contribution < 1.29 is 4.74 Å².